The molecule has 0 aliphatic carbocycles. The molecule has 5 heteroatoms. The van der Waals surface area contributed by atoms with E-state index in [2.05, 4.69) is 43.5 Å². The number of benzene rings is 2. The standard InChI is InChI=1S/C21H27ClN2O2/c1-21(2,3)17-7-11-19(12-8-17)26-14-4-13-23-20(25)24-15-16-5-9-18(22)10-6-16/h5-12H,4,13-15H2,1-3H3,(H2,23,24,25). The first-order valence-corrected chi connectivity index (χ1v) is 9.22. The van der Waals surface area contributed by atoms with Gasteiger partial charge in [-0.3, -0.25) is 0 Å². The number of carbonyl (C=O) groups is 1. The van der Waals surface area contributed by atoms with Gasteiger partial charge in [0.1, 0.15) is 5.75 Å². The number of urea groups is 1. The van der Waals surface area contributed by atoms with Crippen molar-refractivity contribution >= 4 is 17.6 Å². The summed E-state index contributed by atoms with van der Waals surface area (Å²) < 4.78 is 5.71. The second-order valence-electron chi connectivity index (χ2n) is 7.21. The van der Waals surface area contributed by atoms with Crippen molar-refractivity contribution in [1.82, 2.24) is 10.6 Å². The van der Waals surface area contributed by atoms with Crippen LogP contribution in [-0.4, -0.2) is 19.2 Å². The number of hydrogen-bond acceptors (Lipinski definition) is 2. The van der Waals surface area contributed by atoms with E-state index in [9.17, 15) is 4.79 Å². The predicted molar refractivity (Wildman–Crippen MR) is 107 cm³/mol. The molecule has 2 amide bonds. The predicted octanol–water partition coefficient (Wildman–Crippen LogP) is 4.91. The highest BCUT2D eigenvalue weighted by Crippen LogP contribution is 2.24. The maximum absolute atomic E-state index is 11.8. The summed E-state index contributed by atoms with van der Waals surface area (Å²) in [7, 11) is 0. The monoisotopic (exact) mass is 374 g/mol. The summed E-state index contributed by atoms with van der Waals surface area (Å²) >= 11 is 5.83. The van der Waals surface area contributed by atoms with Crippen LogP contribution in [0.15, 0.2) is 48.5 Å². The van der Waals surface area contributed by atoms with Gasteiger partial charge in [-0.05, 0) is 47.2 Å². The second-order valence-corrected chi connectivity index (χ2v) is 7.65. The largest absolute Gasteiger partial charge is 0.494 e. The molecule has 2 aromatic rings. The van der Waals surface area contributed by atoms with Crippen LogP contribution in [0.2, 0.25) is 5.02 Å². The van der Waals surface area contributed by atoms with Gasteiger partial charge in [0.2, 0.25) is 0 Å². The van der Waals surface area contributed by atoms with Crippen LogP contribution in [0, 0.1) is 0 Å². The molecule has 2 aromatic carbocycles. The third-order valence-electron chi connectivity index (χ3n) is 3.96. The fourth-order valence-corrected chi connectivity index (χ4v) is 2.49. The molecule has 0 spiro atoms. The molecule has 0 fully saturated rings. The number of amides is 2. The van der Waals surface area contributed by atoms with Crippen LogP contribution in [0.5, 0.6) is 5.75 Å². The third-order valence-corrected chi connectivity index (χ3v) is 4.21. The third kappa shape index (κ3) is 6.96. The Hall–Kier alpha value is -2.20. The normalized spacial score (nSPS) is 11.1. The fourth-order valence-electron chi connectivity index (χ4n) is 2.36. The van der Waals surface area contributed by atoms with Crippen LogP contribution in [0.3, 0.4) is 0 Å². The van der Waals surface area contributed by atoms with Gasteiger partial charge in [0.05, 0.1) is 6.61 Å². The fraction of sp³-hybridized carbons (Fsp3) is 0.381. The quantitative estimate of drug-likeness (QED) is 0.677. The first kappa shape index (κ1) is 20.1. The van der Waals surface area contributed by atoms with E-state index in [0.29, 0.717) is 24.7 Å². The van der Waals surface area contributed by atoms with Crippen molar-refractivity contribution in [2.24, 2.45) is 0 Å². The lowest BCUT2D eigenvalue weighted by Gasteiger charge is -2.19. The van der Waals surface area contributed by atoms with Gasteiger partial charge in [-0.15, -0.1) is 0 Å². The number of ether oxygens (including phenoxy) is 1. The Bertz CT molecular complexity index is 691. The summed E-state index contributed by atoms with van der Waals surface area (Å²) in [4.78, 5) is 11.8. The van der Waals surface area contributed by atoms with Gasteiger partial charge in [0.15, 0.2) is 0 Å². The molecule has 0 aliphatic heterocycles. The highest BCUT2D eigenvalue weighted by atomic mass is 35.5. The van der Waals surface area contributed by atoms with Crippen molar-refractivity contribution in [1.29, 1.82) is 0 Å². The molecular formula is C21H27ClN2O2. The molecule has 4 nitrogen and oxygen atoms in total. The summed E-state index contributed by atoms with van der Waals surface area (Å²) in [6, 6.07) is 15.4. The summed E-state index contributed by atoms with van der Waals surface area (Å²) in [5, 5.41) is 6.32. The van der Waals surface area contributed by atoms with Crippen molar-refractivity contribution in [3.8, 4) is 5.75 Å². The van der Waals surface area contributed by atoms with E-state index in [1.807, 2.05) is 36.4 Å². The van der Waals surface area contributed by atoms with E-state index in [1.165, 1.54) is 5.56 Å². The lowest BCUT2D eigenvalue weighted by atomic mass is 9.87. The Balaban J connectivity index is 1.59. The second kappa shape index (κ2) is 9.48. The number of nitrogens with one attached hydrogen (secondary N) is 2. The van der Waals surface area contributed by atoms with Crippen LogP contribution in [0.4, 0.5) is 4.79 Å². The van der Waals surface area contributed by atoms with Crippen molar-refractivity contribution in [2.45, 2.75) is 39.2 Å². The zero-order chi connectivity index (χ0) is 19.0. The van der Waals surface area contributed by atoms with Gasteiger partial charge in [0, 0.05) is 18.1 Å². The summed E-state index contributed by atoms with van der Waals surface area (Å²) in [5.74, 6) is 0.852. The van der Waals surface area contributed by atoms with Crippen molar-refractivity contribution in [3.63, 3.8) is 0 Å². The van der Waals surface area contributed by atoms with Crippen LogP contribution in [0.1, 0.15) is 38.3 Å². The summed E-state index contributed by atoms with van der Waals surface area (Å²) in [6.07, 6.45) is 0.745. The highest BCUT2D eigenvalue weighted by molar-refractivity contribution is 6.30. The van der Waals surface area contributed by atoms with E-state index in [4.69, 9.17) is 16.3 Å². The van der Waals surface area contributed by atoms with Gasteiger partial charge in [0.25, 0.3) is 0 Å². The molecule has 0 aromatic heterocycles. The first-order chi connectivity index (χ1) is 12.3. The van der Waals surface area contributed by atoms with Crippen molar-refractivity contribution in [3.05, 3.63) is 64.7 Å². The number of hydrogen-bond donors (Lipinski definition) is 2. The Labute approximate surface area is 160 Å². The van der Waals surface area contributed by atoms with Gasteiger partial charge < -0.3 is 15.4 Å². The van der Waals surface area contributed by atoms with Gasteiger partial charge in [-0.2, -0.15) is 0 Å². The number of halogens is 1. The minimum Gasteiger partial charge on any atom is -0.494 e. The van der Waals surface area contributed by atoms with Gasteiger partial charge in [-0.25, -0.2) is 4.79 Å². The maximum Gasteiger partial charge on any atom is 0.315 e. The molecule has 26 heavy (non-hydrogen) atoms. The average molecular weight is 375 g/mol. The van der Waals surface area contributed by atoms with Crippen LogP contribution in [-0.2, 0) is 12.0 Å². The van der Waals surface area contributed by atoms with Crippen LogP contribution < -0.4 is 15.4 Å². The first-order valence-electron chi connectivity index (χ1n) is 8.84. The molecule has 2 N–H and O–H groups in total. The molecule has 140 valence electrons. The Morgan fingerprint density at radius 2 is 1.65 bits per heavy atom. The lowest BCUT2D eigenvalue weighted by Crippen LogP contribution is -2.35. The molecule has 0 heterocycles. The van der Waals surface area contributed by atoms with Crippen molar-refractivity contribution < 1.29 is 9.53 Å². The Morgan fingerprint density at radius 1 is 1.00 bits per heavy atom. The highest BCUT2D eigenvalue weighted by Gasteiger charge is 2.12. The lowest BCUT2D eigenvalue weighted by molar-refractivity contribution is 0.238. The average Bonchev–Trinajstić information content (AvgIpc) is 2.60. The van der Waals surface area contributed by atoms with E-state index in [1.54, 1.807) is 0 Å². The van der Waals surface area contributed by atoms with E-state index < -0.39 is 0 Å². The topological polar surface area (TPSA) is 50.4 Å². The number of carbonyl (C=O) groups excluding carboxylic acids is 1. The minimum absolute atomic E-state index is 0.141. The molecule has 0 radical (unpaired) electrons. The summed E-state index contributed by atoms with van der Waals surface area (Å²) in [6.45, 7) is 8.16. The molecule has 0 bridgehead atoms. The van der Waals surface area contributed by atoms with E-state index in [-0.39, 0.29) is 11.4 Å². The molecule has 0 saturated carbocycles. The SMILES string of the molecule is CC(C)(C)c1ccc(OCCCNC(=O)NCc2ccc(Cl)cc2)cc1. The maximum atomic E-state index is 11.8. The molecular weight excluding hydrogens is 348 g/mol. The Kier molecular flexibility index (Phi) is 7.34. The molecule has 0 saturated heterocycles. The smallest absolute Gasteiger partial charge is 0.315 e. The minimum atomic E-state index is -0.186. The number of rotatable bonds is 7. The molecule has 0 aliphatic rings. The summed E-state index contributed by atoms with van der Waals surface area (Å²) in [5.41, 5.74) is 2.43. The van der Waals surface area contributed by atoms with Crippen molar-refractivity contribution in [2.75, 3.05) is 13.2 Å². The van der Waals surface area contributed by atoms with Gasteiger partial charge in [-0.1, -0.05) is 56.6 Å². The van der Waals surface area contributed by atoms with Crippen LogP contribution in [0.25, 0.3) is 0 Å². The zero-order valence-electron chi connectivity index (χ0n) is 15.6. The van der Waals surface area contributed by atoms with Gasteiger partial charge >= 0.3 is 6.03 Å². The molecule has 0 unspecified atom stereocenters. The van der Waals surface area contributed by atoms with E-state index >= 15 is 0 Å². The zero-order valence-corrected chi connectivity index (χ0v) is 16.4. The molecule has 2 rings (SSSR count). The Morgan fingerprint density at radius 3 is 2.27 bits per heavy atom. The van der Waals surface area contributed by atoms with E-state index in [0.717, 1.165) is 17.7 Å². The van der Waals surface area contributed by atoms with Crippen LogP contribution >= 0.6 is 11.6 Å². The molecule has 0 atom stereocenters.